The first kappa shape index (κ1) is 18.4. The third-order valence-electron chi connectivity index (χ3n) is 4.08. The number of amides is 1. The molecule has 4 heteroatoms. The molecule has 1 rings (SSSR count). The molecule has 0 aliphatic heterocycles. The minimum Gasteiger partial charge on any atom is -0.391 e. The summed E-state index contributed by atoms with van der Waals surface area (Å²) in [4.78, 5) is 24.0. The third kappa shape index (κ3) is 5.60. The van der Waals surface area contributed by atoms with Gasteiger partial charge in [0.05, 0.1) is 6.10 Å². The standard InChI is InChI=1S/C18H27NO3/c1-5-13(3)17(21)11-19-18(22)9-8-16(20)15-10-12(2)6-7-14(15)4/h6-7,10,13,17,21H,5,8-9,11H2,1-4H3,(H,19,22). The van der Waals surface area contributed by atoms with Crippen molar-refractivity contribution in [2.24, 2.45) is 5.92 Å². The molecule has 2 N–H and O–H groups in total. The van der Waals surface area contributed by atoms with Gasteiger partial charge in [-0.15, -0.1) is 0 Å². The first-order valence-corrected chi connectivity index (χ1v) is 7.90. The van der Waals surface area contributed by atoms with Crippen LogP contribution >= 0.6 is 0 Å². The smallest absolute Gasteiger partial charge is 0.220 e. The van der Waals surface area contributed by atoms with E-state index in [0.29, 0.717) is 5.56 Å². The van der Waals surface area contributed by atoms with E-state index in [-0.39, 0.29) is 37.0 Å². The van der Waals surface area contributed by atoms with Crippen LogP contribution in [-0.2, 0) is 4.79 Å². The molecule has 0 aliphatic carbocycles. The molecule has 2 atom stereocenters. The van der Waals surface area contributed by atoms with Gasteiger partial charge in [-0.3, -0.25) is 9.59 Å². The zero-order valence-corrected chi connectivity index (χ0v) is 14.0. The highest BCUT2D eigenvalue weighted by Crippen LogP contribution is 2.14. The van der Waals surface area contributed by atoms with Crippen molar-refractivity contribution < 1.29 is 14.7 Å². The maximum Gasteiger partial charge on any atom is 0.220 e. The molecule has 0 saturated heterocycles. The van der Waals surface area contributed by atoms with Gasteiger partial charge in [-0.2, -0.15) is 0 Å². The summed E-state index contributed by atoms with van der Waals surface area (Å²) in [5.41, 5.74) is 2.66. The summed E-state index contributed by atoms with van der Waals surface area (Å²) in [7, 11) is 0. The molecule has 1 amide bonds. The van der Waals surface area contributed by atoms with Crippen LogP contribution in [0.5, 0.6) is 0 Å². The second kappa shape index (κ2) is 8.69. The Labute approximate surface area is 132 Å². The number of aliphatic hydroxyl groups is 1. The molecular weight excluding hydrogens is 278 g/mol. The van der Waals surface area contributed by atoms with Crippen LogP contribution in [0.15, 0.2) is 18.2 Å². The number of carbonyl (C=O) groups is 2. The van der Waals surface area contributed by atoms with E-state index in [9.17, 15) is 14.7 Å². The number of nitrogens with one attached hydrogen (secondary N) is 1. The van der Waals surface area contributed by atoms with Crippen molar-refractivity contribution in [2.45, 2.75) is 53.1 Å². The monoisotopic (exact) mass is 305 g/mol. The van der Waals surface area contributed by atoms with Crippen molar-refractivity contribution in [1.29, 1.82) is 0 Å². The number of benzene rings is 1. The van der Waals surface area contributed by atoms with E-state index in [0.717, 1.165) is 17.5 Å². The van der Waals surface area contributed by atoms with E-state index in [1.807, 2.05) is 45.9 Å². The molecule has 122 valence electrons. The number of carbonyl (C=O) groups excluding carboxylic acids is 2. The van der Waals surface area contributed by atoms with Crippen molar-refractivity contribution in [3.8, 4) is 0 Å². The molecule has 0 radical (unpaired) electrons. The summed E-state index contributed by atoms with van der Waals surface area (Å²) in [6.45, 7) is 8.03. The highest BCUT2D eigenvalue weighted by molar-refractivity contribution is 5.99. The van der Waals surface area contributed by atoms with Crippen LogP contribution in [0, 0.1) is 19.8 Å². The first-order valence-electron chi connectivity index (χ1n) is 7.90. The number of ketones is 1. The molecule has 0 spiro atoms. The van der Waals surface area contributed by atoms with Crippen LogP contribution in [-0.4, -0.2) is 29.4 Å². The highest BCUT2D eigenvalue weighted by Gasteiger charge is 2.15. The number of hydrogen-bond donors (Lipinski definition) is 2. The van der Waals surface area contributed by atoms with Gasteiger partial charge in [0, 0.05) is 24.9 Å². The Kier molecular flexibility index (Phi) is 7.25. The van der Waals surface area contributed by atoms with Crippen molar-refractivity contribution in [2.75, 3.05) is 6.54 Å². The van der Waals surface area contributed by atoms with Crippen LogP contribution in [0.2, 0.25) is 0 Å². The molecule has 0 saturated carbocycles. The van der Waals surface area contributed by atoms with Crippen molar-refractivity contribution in [3.63, 3.8) is 0 Å². The van der Waals surface area contributed by atoms with E-state index in [2.05, 4.69) is 5.32 Å². The largest absolute Gasteiger partial charge is 0.391 e. The van der Waals surface area contributed by atoms with Crippen LogP contribution in [0.1, 0.15) is 54.6 Å². The van der Waals surface area contributed by atoms with Crippen LogP contribution in [0.4, 0.5) is 0 Å². The van der Waals surface area contributed by atoms with Gasteiger partial charge in [-0.05, 0) is 31.4 Å². The number of Topliss-reactive ketones (excluding diaryl/α,β-unsaturated/α-hetero) is 1. The number of aliphatic hydroxyl groups excluding tert-OH is 1. The molecular formula is C18H27NO3. The summed E-state index contributed by atoms with van der Waals surface area (Å²) >= 11 is 0. The summed E-state index contributed by atoms with van der Waals surface area (Å²) < 4.78 is 0. The Hall–Kier alpha value is -1.68. The zero-order valence-electron chi connectivity index (χ0n) is 14.0. The Morgan fingerprint density at radius 2 is 1.91 bits per heavy atom. The van der Waals surface area contributed by atoms with E-state index < -0.39 is 6.10 Å². The van der Waals surface area contributed by atoms with E-state index in [1.54, 1.807) is 0 Å². The predicted octanol–water partition coefficient (Wildman–Crippen LogP) is 2.79. The lowest BCUT2D eigenvalue weighted by Gasteiger charge is -2.17. The maximum absolute atomic E-state index is 12.2. The molecule has 22 heavy (non-hydrogen) atoms. The molecule has 0 heterocycles. The van der Waals surface area contributed by atoms with Crippen LogP contribution in [0.25, 0.3) is 0 Å². The van der Waals surface area contributed by atoms with Gasteiger partial charge in [0.15, 0.2) is 5.78 Å². The van der Waals surface area contributed by atoms with Gasteiger partial charge in [0.25, 0.3) is 0 Å². The molecule has 0 aromatic heterocycles. The van der Waals surface area contributed by atoms with Crippen molar-refractivity contribution >= 4 is 11.7 Å². The van der Waals surface area contributed by atoms with Crippen molar-refractivity contribution in [1.82, 2.24) is 5.32 Å². The van der Waals surface area contributed by atoms with Gasteiger partial charge in [0.2, 0.25) is 5.91 Å². The Balaban J connectivity index is 2.44. The maximum atomic E-state index is 12.2. The molecule has 0 bridgehead atoms. The first-order chi connectivity index (χ1) is 10.3. The number of hydrogen-bond acceptors (Lipinski definition) is 3. The van der Waals surface area contributed by atoms with Gasteiger partial charge < -0.3 is 10.4 Å². The fourth-order valence-corrected chi connectivity index (χ4v) is 2.18. The quantitative estimate of drug-likeness (QED) is 0.726. The summed E-state index contributed by atoms with van der Waals surface area (Å²) in [6, 6.07) is 5.75. The molecule has 2 unspecified atom stereocenters. The van der Waals surface area contributed by atoms with Gasteiger partial charge in [-0.25, -0.2) is 0 Å². The average Bonchev–Trinajstić information content (AvgIpc) is 2.51. The van der Waals surface area contributed by atoms with Crippen molar-refractivity contribution in [3.05, 3.63) is 34.9 Å². The minimum absolute atomic E-state index is 0.0150. The molecule has 4 nitrogen and oxygen atoms in total. The van der Waals surface area contributed by atoms with E-state index in [4.69, 9.17) is 0 Å². The Morgan fingerprint density at radius 1 is 1.23 bits per heavy atom. The Morgan fingerprint density at radius 3 is 2.55 bits per heavy atom. The molecule has 1 aromatic carbocycles. The summed E-state index contributed by atoms with van der Waals surface area (Å²) in [6.07, 6.45) is 0.667. The normalized spacial score (nSPS) is 13.5. The lowest BCUT2D eigenvalue weighted by atomic mass is 9.99. The van der Waals surface area contributed by atoms with E-state index >= 15 is 0 Å². The highest BCUT2D eigenvalue weighted by atomic mass is 16.3. The number of rotatable bonds is 8. The predicted molar refractivity (Wildman–Crippen MR) is 88.0 cm³/mol. The van der Waals surface area contributed by atoms with Crippen LogP contribution in [0.3, 0.4) is 0 Å². The van der Waals surface area contributed by atoms with Crippen LogP contribution < -0.4 is 5.32 Å². The third-order valence-corrected chi connectivity index (χ3v) is 4.08. The Bertz CT molecular complexity index is 525. The fraction of sp³-hybridized carbons (Fsp3) is 0.556. The van der Waals surface area contributed by atoms with E-state index in [1.165, 1.54) is 0 Å². The minimum atomic E-state index is -0.538. The SMILES string of the molecule is CCC(C)C(O)CNC(=O)CCC(=O)c1cc(C)ccc1C. The topological polar surface area (TPSA) is 66.4 Å². The summed E-state index contributed by atoms with van der Waals surface area (Å²) in [5, 5.41) is 12.5. The summed E-state index contributed by atoms with van der Waals surface area (Å²) in [5.74, 6) is -0.0586. The molecule has 0 aliphatic rings. The lowest BCUT2D eigenvalue weighted by Crippen LogP contribution is -2.35. The van der Waals surface area contributed by atoms with Gasteiger partial charge >= 0.3 is 0 Å². The zero-order chi connectivity index (χ0) is 16.7. The van der Waals surface area contributed by atoms with Gasteiger partial charge in [0.1, 0.15) is 0 Å². The molecule has 0 fully saturated rings. The average molecular weight is 305 g/mol. The second-order valence-electron chi connectivity index (χ2n) is 6.00. The lowest BCUT2D eigenvalue weighted by molar-refractivity contribution is -0.121. The molecule has 1 aromatic rings. The second-order valence-corrected chi connectivity index (χ2v) is 6.00. The fourth-order valence-electron chi connectivity index (χ4n) is 2.18. The number of aryl methyl sites for hydroxylation is 2. The van der Waals surface area contributed by atoms with Gasteiger partial charge in [-0.1, -0.05) is 38.0 Å².